The summed E-state index contributed by atoms with van der Waals surface area (Å²) >= 11 is 0. The maximum atomic E-state index is 13.5. The Hall–Kier alpha value is -3.63. The number of rotatable bonds is 5. The summed E-state index contributed by atoms with van der Waals surface area (Å²) in [4.78, 5) is 12.4. The highest BCUT2D eigenvalue weighted by atomic mass is 32.2. The van der Waals surface area contributed by atoms with Crippen molar-refractivity contribution in [2.45, 2.75) is 23.2 Å². The Morgan fingerprint density at radius 2 is 1.81 bits per heavy atom. The van der Waals surface area contributed by atoms with Gasteiger partial charge in [-0.05, 0) is 65.9 Å². The maximum absolute atomic E-state index is 13.5. The van der Waals surface area contributed by atoms with Gasteiger partial charge in [-0.1, -0.05) is 18.2 Å². The summed E-state index contributed by atoms with van der Waals surface area (Å²) in [7, 11) is -3.68. The van der Waals surface area contributed by atoms with E-state index in [-0.39, 0.29) is 10.6 Å². The number of halogens is 3. The lowest BCUT2D eigenvalue weighted by Crippen LogP contribution is -2.20. The highest BCUT2D eigenvalue weighted by Crippen LogP contribution is 2.39. The molecule has 1 aliphatic rings. The van der Waals surface area contributed by atoms with E-state index in [1.165, 1.54) is 36.9 Å². The molecule has 0 atom stereocenters. The monoisotopic (exact) mass is 510 g/mol. The molecule has 10 heteroatoms. The van der Waals surface area contributed by atoms with Crippen molar-refractivity contribution in [2.75, 3.05) is 13.1 Å². The van der Waals surface area contributed by atoms with Crippen LogP contribution >= 0.6 is 0 Å². The second kappa shape index (κ2) is 9.44. The second-order valence-electron chi connectivity index (χ2n) is 8.44. The normalized spacial score (nSPS) is 14.6. The molecular weight excluding hydrogens is 489 g/mol. The first-order valence-corrected chi connectivity index (χ1v) is 12.9. The minimum Gasteiger partial charge on any atom is -0.313 e. The molecule has 1 aliphatic heterocycles. The quantitative estimate of drug-likeness (QED) is 0.404. The van der Waals surface area contributed by atoms with Crippen LogP contribution in [0.3, 0.4) is 0 Å². The van der Waals surface area contributed by atoms with E-state index in [1.54, 1.807) is 24.3 Å². The van der Waals surface area contributed by atoms with Crippen molar-refractivity contribution in [3.05, 3.63) is 90.1 Å². The molecule has 2 aromatic carbocycles. The molecule has 0 bridgehead atoms. The zero-order chi connectivity index (χ0) is 25.3. The molecule has 3 heterocycles. The first kappa shape index (κ1) is 24.1. The van der Waals surface area contributed by atoms with Crippen LogP contribution in [0.5, 0.6) is 0 Å². The molecular formula is C26H21F3N4O2S. The number of alkyl halides is 3. The summed E-state index contributed by atoms with van der Waals surface area (Å²) in [5, 5.41) is 4.44. The highest BCUT2D eigenvalue weighted by molar-refractivity contribution is 7.90. The van der Waals surface area contributed by atoms with E-state index in [0.717, 1.165) is 11.6 Å². The lowest BCUT2D eigenvalue weighted by Gasteiger charge is -2.20. The van der Waals surface area contributed by atoms with Crippen LogP contribution < -0.4 is 5.32 Å². The molecule has 2 aromatic heterocycles. The molecule has 0 saturated heterocycles. The number of nitrogens with zero attached hydrogens (tertiary/aromatic N) is 3. The minimum atomic E-state index is -4.47. The Kier molecular flexibility index (Phi) is 6.31. The van der Waals surface area contributed by atoms with Gasteiger partial charge in [-0.25, -0.2) is 18.4 Å². The lowest BCUT2D eigenvalue weighted by molar-refractivity contribution is -0.137. The van der Waals surface area contributed by atoms with Crippen LogP contribution in [0.15, 0.2) is 78.2 Å². The Labute approximate surface area is 205 Å². The molecule has 6 nitrogen and oxygen atoms in total. The van der Waals surface area contributed by atoms with E-state index >= 15 is 0 Å². The Bertz CT molecular complexity index is 1570. The Balaban J connectivity index is 1.61. The number of benzene rings is 2. The highest BCUT2D eigenvalue weighted by Gasteiger charge is 2.32. The average molecular weight is 511 g/mol. The maximum Gasteiger partial charge on any atom is 0.416 e. The van der Waals surface area contributed by atoms with Crippen molar-refractivity contribution in [1.29, 1.82) is 0 Å². The molecule has 0 radical (unpaired) electrons. The van der Waals surface area contributed by atoms with Crippen LogP contribution in [0.2, 0.25) is 0 Å². The van der Waals surface area contributed by atoms with Gasteiger partial charge in [0.25, 0.3) is 0 Å². The van der Waals surface area contributed by atoms with E-state index in [0.29, 0.717) is 52.8 Å². The lowest BCUT2D eigenvalue weighted by atomic mass is 9.90. The third-order valence-corrected chi connectivity index (χ3v) is 7.74. The first-order chi connectivity index (χ1) is 17.2. The zero-order valence-corrected chi connectivity index (χ0v) is 19.8. The third-order valence-electron chi connectivity index (χ3n) is 6.09. The summed E-state index contributed by atoms with van der Waals surface area (Å²) in [5.74, 6) is -0.274. The van der Waals surface area contributed by atoms with Gasteiger partial charge in [-0.2, -0.15) is 13.2 Å². The first-order valence-electron chi connectivity index (χ1n) is 11.2. The van der Waals surface area contributed by atoms with Crippen LogP contribution in [0.4, 0.5) is 13.2 Å². The van der Waals surface area contributed by atoms with Crippen molar-refractivity contribution in [2.24, 2.45) is 0 Å². The van der Waals surface area contributed by atoms with Gasteiger partial charge in [0.05, 0.1) is 27.6 Å². The van der Waals surface area contributed by atoms with E-state index in [4.69, 9.17) is 0 Å². The Morgan fingerprint density at radius 1 is 0.944 bits per heavy atom. The van der Waals surface area contributed by atoms with Crippen molar-refractivity contribution in [3.63, 3.8) is 0 Å². The van der Waals surface area contributed by atoms with Crippen LogP contribution in [0.25, 0.3) is 27.6 Å². The summed E-state index contributed by atoms with van der Waals surface area (Å²) in [6.45, 7) is 1.24. The van der Waals surface area contributed by atoms with Crippen LogP contribution in [0.1, 0.15) is 23.2 Å². The SMILES string of the molecule is O=S(=O)(Cc1ccncn1)c1ccc2c(-c3ccc(C(F)(F)F)cc3C3=CCNCC3)nccc2c1. The summed E-state index contributed by atoms with van der Waals surface area (Å²) in [6.07, 6.45) is 2.32. The van der Waals surface area contributed by atoms with E-state index < -0.39 is 21.6 Å². The topological polar surface area (TPSA) is 84.8 Å². The molecule has 36 heavy (non-hydrogen) atoms. The fourth-order valence-electron chi connectivity index (χ4n) is 4.31. The van der Waals surface area contributed by atoms with Gasteiger partial charge in [0.15, 0.2) is 9.84 Å². The number of hydrogen-bond acceptors (Lipinski definition) is 6. The predicted octanol–water partition coefficient (Wildman–Crippen LogP) is 5.06. The van der Waals surface area contributed by atoms with Crippen molar-refractivity contribution in [1.82, 2.24) is 20.3 Å². The molecule has 0 fully saturated rings. The molecule has 5 rings (SSSR count). The van der Waals surface area contributed by atoms with Gasteiger partial charge in [0.1, 0.15) is 6.33 Å². The summed E-state index contributed by atoms with van der Waals surface area (Å²) < 4.78 is 66.6. The van der Waals surface area contributed by atoms with Crippen LogP contribution in [-0.4, -0.2) is 36.5 Å². The van der Waals surface area contributed by atoms with E-state index in [2.05, 4.69) is 20.3 Å². The number of sulfone groups is 1. The largest absolute Gasteiger partial charge is 0.416 e. The summed E-state index contributed by atoms with van der Waals surface area (Å²) in [5.41, 5.74) is 2.02. The molecule has 0 unspecified atom stereocenters. The van der Waals surface area contributed by atoms with E-state index in [1.807, 2.05) is 6.08 Å². The fourth-order valence-corrected chi connectivity index (χ4v) is 5.61. The molecule has 0 amide bonds. The van der Waals surface area contributed by atoms with Crippen LogP contribution in [-0.2, 0) is 21.8 Å². The number of hydrogen-bond donors (Lipinski definition) is 1. The minimum absolute atomic E-state index is 0.125. The molecule has 0 saturated carbocycles. The van der Waals surface area contributed by atoms with Gasteiger partial charge >= 0.3 is 6.18 Å². The van der Waals surface area contributed by atoms with E-state index in [9.17, 15) is 21.6 Å². The predicted molar refractivity (Wildman–Crippen MR) is 131 cm³/mol. The standard InChI is InChI=1S/C26H21F3N4O2S/c27-26(28,29)19-1-3-23(24(14-19)17-5-9-30-10-6-17)25-22-4-2-21(13-18(22)7-12-32-25)36(34,35)15-20-8-11-31-16-33-20/h1-5,7-8,11-14,16,30H,6,9-10,15H2. The number of aromatic nitrogens is 3. The average Bonchev–Trinajstić information content (AvgIpc) is 2.88. The van der Waals surface area contributed by atoms with Crippen LogP contribution in [0, 0.1) is 0 Å². The second-order valence-corrected chi connectivity index (χ2v) is 10.4. The van der Waals surface area contributed by atoms with Crippen molar-refractivity contribution >= 4 is 26.2 Å². The molecule has 0 spiro atoms. The molecule has 1 N–H and O–H groups in total. The van der Waals surface area contributed by atoms with Gasteiger partial charge in [0, 0.05) is 29.9 Å². The molecule has 184 valence electrons. The van der Waals surface area contributed by atoms with Gasteiger partial charge in [-0.15, -0.1) is 0 Å². The molecule has 0 aliphatic carbocycles. The number of nitrogens with one attached hydrogen (secondary N) is 1. The smallest absolute Gasteiger partial charge is 0.313 e. The van der Waals surface area contributed by atoms with Gasteiger partial charge < -0.3 is 5.32 Å². The molecule has 4 aromatic rings. The zero-order valence-electron chi connectivity index (χ0n) is 19.0. The number of fused-ring (bicyclic) bond motifs is 1. The van der Waals surface area contributed by atoms with Crippen molar-refractivity contribution < 1.29 is 21.6 Å². The van der Waals surface area contributed by atoms with Gasteiger partial charge in [-0.3, -0.25) is 4.98 Å². The Morgan fingerprint density at radius 3 is 2.53 bits per heavy atom. The summed E-state index contributed by atoms with van der Waals surface area (Å²) in [6, 6.07) is 11.6. The van der Waals surface area contributed by atoms with Crippen molar-refractivity contribution in [3.8, 4) is 11.3 Å². The third kappa shape index (κ3) is 4.87. The fraction of sp³-hybridized carbons (Fsp3) is 0.192. The van der Waals surface area contributed by atoms with Gasteiger partial charge in [0.2, 0.25) is 0 Å². The number of pyridine rings is 1.